The summed E-state index contributed by atoms with van der Waals surface area (Å²) in [6, 6.07) is 23.1. The van der Waals surface area contributed by atoms with Crippen LogP contribution in [-0.2, 0) is 14.3 Å². The van der Waals surface area contributed by atoms with E-state index in [4.69, 9.17) is 19.9 Å². The average molecular weight is 696 g/mol. The molecule has 0 aliphatic carbocycles. The number of hydrogen-bond donors (Lipinski definition) is 1. The molecule has 3 aliphatic heterocycles. The van der Waals surface area contributed by atoms with E-state index in [0.717, 1.165) is 78.4 Å². The van der Waals surface area contributed by atoms with Crippen molar-refractivity contribution >= 4 is 23.4 Å². The van der Waals surface area contributed by atoms with E-state index in [2.05, 4.69) is 73.5 Å². The zero-order chi connectivity index (χ0) is 29.1. The van der Waals surface area contributed by atoms with E-state index in [-0.39, 0.29) is 42.0 Å². The van der Waals surface area contributed by atoms with Gasteiger partial charge in [-0.25, -0.2) is 4.79 Å². The van der Waals surface area contributed by atoms with Gasteiger partial charge in [0.15, 0.2) is 0 Å². The number of benzene rings is 3. The Hall–Kier alpha value is -2.92. The minimum absolute atomic E-state index is 0. The zero-order valence-electron chi connectivity index (χ0n) is 25.1. The number of rotatable bonds is 6. The van der Waals surface area contributed by atoms with Gasteiger partial charge in [-0.1, -0.05) is 30.3 Å². The number of morpholine rings is 1. The van der Waals surface area contributed by atoms with E-state index in [1.807, 2.05) is 18.2 Å². The fourth-order valence-corrected chi connectivity index (χ4v) is 6.63. The van der Waals surface area contributed by atoms with Crippen molar-refractivity contribution in [3.63, 3.8) is 0 Å². The van der Waals surface area contributed by atoms with Crippen molar-refractivity contribution in [3.8, 4) is 16.9 Å². The summed E-state index contributed by atoms with van der Waals surface area (Å²) in [5.74, 6) is 0.973. The number of nitrogens with zero attached hydrogens (tertiary/aromatic N) is 2. The number of nitrogens with two attached hydrogens (primary N) is 1. The quantitative estimate of drug-likeness (QED) is 0.243. The lowest BCUT2D eigenvalue weighted by Gasteiger charge is -2.45. The number of carbonyl (C=O) groups excluding carboxylic acids is 1. The van der Waals surface area contributed by atoms with Gasteiger partial charge in [0.1, 0.15) is 17.8 Å². The molecule has 43 heavy (non-hydrogen) atoms. The fourth-order valence-electron chi connectivity index (χ4n) is 6.63. The van der Waals surface area contributed by atoms with Crippen molar-refractivity contribution < 1.29 is 47.5 Å². The molecule has 2 saturated heterocycles. The highest BCUT2D eigenvalue weighted by molar-refractivity contribution is 5.94. The van der Waals surface area contributed by atoms with E-state index >= 15 is 0 Å². The van der Waals surface area contributed by atoms with Gasteiger partial charge in [-0.2, -0.15) is 0 Å². The van der Waals surface area contributed by atoms with Gasteiger partial charge in [-0.3, -0.25) is 4.48 Å². The Morgan fingerprint density at radius 2 is 1.53 bits per heavy atom. The zero-order valence-corrected chi connectivity index (χ0v) is 27.3. The van der Waals surface area contributed by atoms with Crippen molar-refractivity contribution in [2.75, 3.05) is 63.8 Å². The molecule has 0 aromatic heterocycles. The third-order valence-corrected chi connectivity index (χ3v) is 9.43. The lowest BCUT2D eigenvalue weighted by molar-refractivity contribution is -0.889. The van der Waals surface area contributed by atoms with E-state index < -0.39 is 0 Å². The minimum Gasteiger partial charge on any atom is -1.00 e. The number of amides is 1. The third-order valence-electron chi connectivity index (χ3n) is 9.43. The van der Waals surface area contributed by atoms with E-state index in [0.29, 0.717) is 30.7 Å². The van der Waals surface area contributed by atoms with E-state index in [1.165, 1.54) is 5.69 Å². The lowest BCUT2D eigenvalue weighted by atomic mass is 9.93. The van der Waals surface area contributed by atoms with Crippen molar-refractivity contribution in [2.45, 2.75) is 38.3 Å². The van der Waals surface area contributed by atoms with Gasteiger partial charge in [0, 0.05) is 54.9 Å². The molecule has 2 N–H and O–H groups in total. The van der Waals surface area contributed by atoms with Crippen molar-refractivity contribution in [1.29, 1.82) is 0 Å². The number of hydrogen-bond acceptors (Lipinski definition) is 6. The average Bonchev–Trinajstić information content (AvgIpc) is 3.27. The molecule has 2 fully saturated rings. The highest BCUT2D eigenvalue weighted by atomic mass is 127. The monoisotopic (exact) mass is 695 g/mol. The van der Waals surface area contributed by atoms with Gasteiger partial charge >= 0.3 is 5.91 Å². The molecule has 8 heteroatoms. The number of fused-ring (bicyclic) bond motifs is 1. The summed E-state index contributed by atoms with van der Waals surface area (Å²) in [6.45, 7) is 7.37. The van der Waals surface area contributed by atoms with Crippen LogP contribution in [0.4, 0.5) is 11.4 Å². The second kappa shape index (κ2) is 13.8. The second-order valence-corrected chi connectivity index (χ2v) is 11.8. The molecule has 228 valence electrons. The van der Waals surface area contributed by atoms with Crippen LogP contribution in [0.3, 0.4) is 0 Å². The molecule has 1 amide bonds. The summed E-state index contributed by atoms with van der Waals surface area (Å²) in [5, 5.41) is 0. The third kappa shape index (κ3) is 6.62. The molecule has 3 aromatic rings. The SMILES string of the molecule is CC(c1ccc(N)cc1)[N+](C)(C(=O)C1=Cc2cc(-c3ccc(N4CCOCC4)cc3)ccc2OCC1)C1CCOCC1.[I-]. The van der Waals surface area contributed by atoms with Gasteiger partial charge in [0.25, 0.3) is 0 Å². The van der Waals surface area contributed by atoms with Crippen LogP contribution in [0.25, 0.3) is 17.2 Å². The normalized spacial score (nSPS) is 19.5. The molecule has 2 atom stereocenters. The maximum absolute atomic E-state index is 14.7. The molecule has 7 nitrogen and oxygen atoms in total. The Labute approximate surface area is 272 Å². The molecule has 3 aromatic carbocycles. The number of ether oxygens (including phenoxy) is 3. The predicted molar refractivity (Wildman–Crippen MR) is 167 cm³/mol. The van der Waals surface area contributed by atoms with Crippen LogP contribution in [0, 0.1) is 0 Å². The van der Waals surface area contributed by atoms with Crippen molar-refractivity contribution in [3.05, 3.63) is 83.4 Å². The standard InChI is InChI=1S/C35H42N3O4.HI/c1-25(26-3-8-31(36)9-4-26)38(2,33-14-18-40-19-15-33)35(39)29-13-20-42-34-12-7-28(23-30(34)24-29)27-5-10-32(11-6-27)37-16-21-41-22-17-37;/h3-12,23-25,33H,13-22,36H2,1-2H3;1H/q+1;/p-1. The summed E-state index contributed by atoms with van der Waals surface area (Å²) in [6.07, 6.45) is 4.35. The number of nitrogen functional groups attached to an aromatic ring is 1. The fraction of sp³-hybridized carbons (Fsp3) is 0.400. The highest BCUT2D eigenvalue weighted by Crippen LogP contribution is 2.39. The lowest BCUT2D eigenvalue weighted by Crippen LogP contribution is -3.00. The second-order valence-electron chi connectivity index (χ2n) is 11.8. The summed E-state index contributed by atoms with van der Waals surface area (Å²) < 4.78 is 17.7. The molecular weight excluding hydrogens is 653 g/mol. The first kappa shape index (κ1) is 31.5. The first-order valence-electron chi connectivity index (χ1n) is 15.2. The van der Waals surface area contributed by atoms with E-state index in [1.54, 1.807) is 0 Å². The van der Waals surface area contributed by atoms with Gasteiger partial charge < -0.3 is 48.8 Å². The largest absolute Gasteiger partial charge is 1.00 e. The number of halogens is 1. The molecule has 3 heterocycles. The van der Waals surface area contributed by atoms with Gasteiger partial charge in [-0.05, 0) is 60.5 Å². The van der Waals surface area contributed by atoms with Crippen LogP contribution in [0.5, 0.6) is 5.75 Å². The highest BCUT2D eigenvalue weighted by Gasteiger charge is 2.47. The van der Waals surface area contributed by atoms with Gasteiger partial charge in [0.05, 0.1) is 45.7 Å². The van der Waals surface area contributed by atoms with Crippen LogP contribution in [-0.4, -0.2) is 69.6 Å². The van der Waals surface area contributed by atoms with Crippen molar-refractivity contribution in [2.24, 2.45) is 0 Å². The van der Waals surface area contributed by atoms with Crippen LogP contribution < -0.4 is 39.3 Å². The number of carbonyl (C=O) groups is 1. The number of anilines is 2. The van der Waals surface area contributed by atoms with Crippen molar-refractivity contribution in [1.82, 2.24) is 0 Å². The molecule has 0 bridgehead atoms. The maximum atomic E-state index is 14.7. The smallest absolute Gasteiger partial charge is 0.342 e. The van der Waals surface area contributed by atoms with Gasteiger partial charge in [0.2, 0.25) is 0 Å². The molecule has 0 radical (unpaired) electrons. The topological polar surface area (TPSA) is 74.0 Å². The van der Waals surface area contributed by atoms with Crippen LogP contribution >= 0.6 is 0 Å². The Balaban J connectivity index is 0.00000368. The summed E-state index contributed by atoms with van der Waals surface area (Å²) in [7, 11) is 2.11. The van der Waals surface area contributed by atoms with Crippen LogP contribution in [0.15, 0.2) is 72.3 Å². The predicted octanol–water partition coefficient (Wildman–Crippen LogP) is 2.86. The molecule has 6 rings (SSSR count). The molecule has 0 spiro atoms. The Kier molecular flexibility index (Phi) is 10.1. The summed E-state index contributed by atoms with van der Waals surface area (Å²) in [4.78, 5) is 17.0. The molecule has 3 aliphatic rings. The van der Waals surface area contributed by atoms with Crippen LogP contribution in [0.2, 0.25) is 0 Å². The Bertz CT molecular complexity index is 1430. The van der Waals surface area contributed by atoms with Crippen LogP contribution in [0.1, 0.15) is 43.4 Å². The maximum Gasteiger partial charge on any atom is 0.342 e. The number of likely N-dealkylation sites (N-methyl/N-ethyl adjacent to an activating group) is 1. The molecule has 2 unspecified atom stereocenters. The van der Waals surface area contributed by atoms with E-state index in [9.17, 15) is 4.79 Å². The summed E-state index contributed by atoms with van der Waals surface area (Å²) in [5.41, 5.74) is 13.1. The van der Waals surface area contributed by atoms with Gasteiger partial charge in [-0.15, -0.1) is 0 Å². The minimum atomic E-state index is -0.0398. The Morgan fingerprint density at radius 3 is 2.23 bits per heavy atom. The first-order chi connectivity index (χ1) is 20.4. The molecule has 0 saturated carbocycles. The number of quaternary nitrogens is 1. The first-order valence-corrected chi connectivity index (χ1v) is 15.2. The Morgan fingerprint density at radius 1 is 0.884 bits per heavy atom. The molecular formula is C35H42IN3O4. The summed E-state index contributed by atoms with van der Waals surface area (Å²) >= 11 is 0.